The lowest BCUT2D eigenvalue weighted by atomic mass is 10.3. The zero-order chi connectivity index (χ0) is 9.84. The number of aliphatic carboxylic acids is 1. The number of carbonyl (C=O) groups excluding carboxylic acids is 1. The number of hydrazine groups is 1. The smallest absolute Gasteiger partial charge is 0.312 e. The highest BCUT2D eigenvalue weighted by atomic mass is 16.4. The fourth-order valence-corrected chi connectivity index (χ4v) is 0.824. The first-order valence-corrected chi connectivity index (χ1v) is 3.74. The Morgan fingerprint density at radius 1 is 1.62 bits per heavy atom. The van der Waals surface area contributed by atoms with Crippen molar-refractivity contribution in [2.75, 3.05) is 0 Å². The van der Waals surface area contributed by atoms with Crippen LogP contribution in [0.3, 0.4) is 0 Å². The van der Waals surface area contributed by atoms with Crippen LogP contribution in [0.25, 0.3) is 0 Å². The number of rotatable bonds is 2. The minimum Gasteiger partial charge on any atom is -0.481 e. The normalized spacial score (nSPS) is 14.8. The summed E-state index contributed by atoms with van der Waals surface area (Å²) in [5, 5.41) is 9.49. The molecule has 1 rings (SSSR count). The number of carboxylic acids is 1. The van der Waals surface area contributed by atoms with Crippen molar-refractivity contribution in [3.05, 3.63) is 24.0 Å². The summed E-state index contributed by atoms with van der Waals surface area (Å²) < 4.78 is 0. The average Bonchev–Trinajstić information content (AvgIpc) is 2.04. The van der Waals surface area contributed by atoms with Gasteiger partial charge in [-0.3, -0.25) is 15.0 Å². The van der Waals surface area contributed by atoms with Crippen molar-refractivity contribution < 1.29 is 14.7 Å². The second-order valence-electron chi connectivity index (χ2n) is 2.67. The van der Waals surface area contributed by atoms with Crippen molar-refractivity contribution in [1.29, 1.82) is 0 Å². The van der Waals surface area contributed by atoms with Gasteiger partial charge in [0.15, 0.2) is 0 Å². The third-order valence-corrected chi connectivity index (χ3v) is 1.49. The molecule has 1 heterocycles. The van der Waals surface area contributed by atoms with E-state index in [2.05, 4.69) is 5.43 Å². The third-order valence-electron chi connectivity index (χ3n) is 1.49. The van der Waals surface area contributed by atoms with E-state index in [-0.39, 0.29) is 0 Å². The molecule has 1 aliphatic heterocycles. The van der Waals surface area contributed by atoms with Crippen molar-refractivity contribution in [1.82, 2.24) is 10.4 Å². The number of hydrogen-bond donors (Lipinski definition) is 2. The van der Waals surface area contributed by atoms with Gasteiger partial charge in [-0.2, -0.15) is 0 Å². The molecule has 0 saturated carbocycles. The van der Waals surface area contributed by atoms with Gasteiger partial charge in [-0.25, -0.2) is 5.01 Å². The van der Waals surface area contributed by atoms with Crippen LogP contribution in [0.5, 0.6) is 0 Å². The van der Waals surface area contributed by atoms with Crippen molar-refractivity contribution in [3.63, 3.8) is 0 Å². The Bertz CT molecular complexity index is 294. The maximum absolute atomic E-state index is 11.1. The maximum atomic E-state index is 11.1. The van der Waals surface area contributed by atoms with Crippen molar-refractivity contribution >= 4 is 11.9 Å². The molecule has 5 nitrogen and oxygen atoms in total. The van der Waals surface area contributed by atoms with Crippen LogP contribution in [0.15, 0.2) is 24.0 Å². The molecule has 0 saturated heterocycles. The predicted molar refractivity (Wildman–Crippen MR) is 45.1 cm³/mol. The van der Waals surface area contributed by atoms with Crippen LogP contribution in [0, 0.1) is 0 Å². The van der Waals surface area contributed by atoms with Crippen LogP contribution < -0.4 is 5.43 Å². The summed E-state index contributed by atoms with van der Waals surface area (Å²) >= 11 is 0. The van der Waals surface area contributed by atoms with Crippen LogP contribution in [-0.4, -0.2) is 22.0 Å². The molecule has 0 fully saturated rings. The van der Waals surface area contributed by atoms with E-state index in [1.54, 1.807) is 12.3 Å². The number of carbonyl (C=O) groups is 2. The fraction of sp³-hybridized carbons (Fsp3) is 0.250. The fourth-order valence-electron chi connectivity index (χ4n) is 0.824. The molecule has 0 radical (unpaired) electrons. The molecule has 70 valence electrons. The van der Waals surface area contributed by atoms with E-state index in [0.29, 0.717) is 0 Å². The summed E-state index contributed by atoms with van der Waals surface area (Å²) in [5.74, 6) is -1.63. The van der Waals surface area contributed by atoms with Gasteiger partial charge in [0.25, 0.3) is 5.91 Å². The van der Waals surface area contributed by atoms with Gasteiger partial charge in [0, 0.05) is 12.4 Å². The highest BCUT2D eigenvalue weighted by Gasteiger charge is 2.14. The van der Waals surface area contributed by atoms with Gasteiger partial charge < -0.3 is 5.11 Å². The van der Waals surface area contributed by atoms with Gasteiger partial charge >= 0.3 is 5.97 Å². The van der Waals surface area contributed by atoms with Crippen LogP contribution in [0.1, 0.15) is 13.3 Å². The Hall–Kier alpha value is -1.78. The third kappa shape index (κ3) is 2.62. The monoisotopic (exact) mass is 182 g/mol. The molecule has 5 heteroatoms. The largest absolute Gasteiger partial charge is 0.481 e. The minimum absolute atomic E-state index is 0.493. The Morgan fingerprint density at radius 3 is 2.77 bits per heavy atom. The summed E-state index contributed by atoms with van der Waals surface area (Å²) in [7, 11) is 0. The molecule has 1 amide bonds. The predicted octanol–water partition coefficient (Wildman–Crippen LogP) is 0.225. The van der Waals surface area contributed by atoms with Crippen LogP contribution in [0.4, 0.5) is 0 Å². The second-order valence-corrected chi connectivity index (χ2v) is 2.67. The maximum Gasteiger partial charge on any atom is 0.312 e. The number of nitrogens with one attached hydrogen (secondary N) is 1. The van der Waals surface area contributed by atoms with E-state index < -0.39 is 18.3 Å². The summed E-state index contributed by atoms with van der Waals surface area (Å²) in [6, 6.07) is 0. The van der Waals surface area contributed by atoms with Gasteiger partial charge in [0.05, 0.1) is 0 Å². The first-order chi connectivity index (χ1) is 6.09. The van der Waals surface area contributed by atoms with E-state index >= 15 is 0 Å². The molecule has 0 bridgehead atoms. The van der Waals surface area contributed by atoms with Gasteiger partial charge in [0.2, 0.25) is 0 Å². The average molecular weight is 182 g/mol. The quantitative estimate of drug-likeness (QED) is 0.599. The van der Waals surface area contributed by atoms with Gasteiger partial charge in [0.1, 0.15) is 6.42 Å². The van der Waals surface area contributed by atoms with Crippen LogP contribution >= 0.6 is 0 Å². The van der Waals surface area contributed by atoms with Crippen LogP contribution in [-0.2, 0) is 9.59 Å². The van der Waals surface area contributed by atoms with Crippen molar-refractivity contribution in [2.45, 2.75) is 13.3 Å². The highest BCUT2D eigenvalue weighted by Crippen LogP contribution is 2.02. The lowest BCUT2D eigenvalue weighted by Gasteiger charge is -2.20. The summed E-state index contributed by atoms with van der Waals surface area (Å²) in [6.07, 6.45) is 4.33. The molecule has 0 unspecified atom stereocenters. The molecule has 0 spiro atoms. The zero-order valence-corrected chi connectivity index (χ0v) is 7.15. The molecule has 0 aromatic rings. The van der Waals surface area contributed by atoms with Gasteiger partial charge in [-0.1, -0.05) is 0 Å². The first kappa shape index (κ1) is 9.31. The molecule has 0 atom stereocenters. The molecule has 0 aliphatic carbocycles. The van der Waals surface area contributed by atoms with E-state index in [4.69, 9.17) is 5.11 Å². The minimum atomic E-state index is -1.13. The Morgan fingerprint density at radius 2 is 2.31 bits per heavy atom. The van der Waals surface area contributed by atoms with E-state index in [0.717, 1.165) is 10.6 Å². The number of hydrogen-bond acceptors (Lipinski definition) is 3. The number of nitrogens with zero attached hydrogens (tertiary/aromatic N) is 1. The Labute approximate surface area is 75.3 Å². The molecule has 1 aliphatic rings. The molecular formula is C8H10N2O3. The molecular weight excluding hydrogens is 172 g/mol. The second kappa shape index (κ2) is 3.75. The van der Waals surface area contributed by atoms with E-state index in [1.165, 1.54) is 6.20 Å². The summed E-state index contributed by atoms with van der Waals surface area (Å²) in [6.45, 7) is 1.86. The van der Waals surface area contributed by atoms with Crippen molar-refractivity contribution in [3.8, 4) is 0 Å². The number of amides is 1. The number of carboxylic acid groups (broad SMARTS) is 1. The summed E-state index contributed by atoms with van der Waals surface area (Å²) in [4.78, 5) is 21.3. The topological polar surface area (TPSA) is 69.6 Å². The number of allylic oxidation sites excluding steroid dienone is 2. The van der Waals surface area contributed by atoms with Crippen molar-refractivity contribution in [2.24, 2.45) is 0 Å². The SMILES string of the molecule is CC1=CNN(C(=O)CC(=O)O)C=C1. The molecule has 2 N–H and O–H groups in total. The van der Waals surface area contributed by atoms with Gasteiger partial charge in [-0.05, 0) is 18.6 Å². The lowest BCUT2D eigenvalue weighted by molar-refractivity contribution is -0.143. The standard InChI is InChI=1S/C8H10N2O3/c1-6-2-3-10(9-5-6)7(11)4-8(12)13/h2-3,5,9H,4H2,1H3,(H,12,13). The molecule has 0 aromatic heterocycles. The van der Waals surface area contributed by atoms with E-state index in [1.807, 2.05) is 6.92 Å². The van der Waals surface area contributed by atoms with Gasteiger partial charge in [-0.15, -0.1) is 0 Å². The first-order valence-electron chi connectivity index (χ1n) is 3.74. The molecule has 13 heavy (non-hydrogen) atoms. The summed E-state index contributed by atoms with van der Waals surface area (Å²) in [5.41, 5.74) is 3.62. The lowest BCUT2D eigenvalue weighted by Crippen LogP contribution is -2.37. The van der Waals surface area contributed by atoms with E-state index in [9.17, 15) is 9.59 Å². The molecule has 0 aromatic carbocycles. The Balaban J connectivity index is 2.52. The Kier molecular flexibility index (Phi) is 2.69. The van der Waals surface area contributed by atoms with Crippen LogP contribution in [0.2, 0.25) is 0 Å². The zero-order valence-electron chi connectivity index (χ0n) is 7.15. The highest BCUT2D eigenvalue weighted by molar-refractivity contribution is 5.93.